The number of halogens is 2. The third-order valence-corrected chi connectivity index (χ3v) is 7.90. The molecule has 1 unspecified atom stereocenters. The normalized spacial score (nSPS) is 13.2. The van der Waals surface area contributed by atoms with Gasteiger partial charge in [-0.15, -0.1) is 0 Å². The number of nitrogens with zero attached hydrogens (tertiary/aromatic N) is 4. The van der Waals surface area contributed by atoms with E-state index in [1.165, 1.54) is 0 Å². The van der Waals surface area contributed by atoms with E-state index in [2.05, 4.69) is 22.0 Å². The molecule has 1 aliphatic heterocycles. The Bertz CT molecular complexity index is 1520. The number of imidazole rings is 1. The van der Waals surface area contributed by atoms with E-state index in [0.717, 1.165) is 50.2 Å². The molecule has 0 bridgehead atoms. The molecule has 4 rings (SSSR count). The van der Waals surface area contributed by atoms with E-state index in [-0.39, 0.29) is 11.5 Å². The van der Waals surface area contributed by atoms with Crippen molar-refractivity contribution in [1.29, 1.82) is 0 Å². The molecule has 17 nitrogen and oxygen atoms in total. The number of carboxylic acid groups (broad SMARTS) is 4. The van der Waals surface area contributed by atoms with Gasteiger partial charge in [-0.05, 0) is 49.2 Å². The number of primary amides is 1. The summed E-state index contributed by atoms with van der Waals surface area (Å²) in [6.45, 7) is 3.82. The number of hydrogen-bond acceptors (Lipinski definition) is 9. The highest BCUT2D eigenvalue weighted by atomic mass is 35.5. The molecule has 3 aromatic rings. The molecule has 2 amide bonds. The van der Waals surface area contributed by atoms with E-state index in [0.29, 0.717) is 48.3 Å². The predicted molar refractivity (Wildman–Crippen MR) is 185 cm³/mol. The molecule has 1 fully saturated rings. The first-order chi connectivity index (χ1) is 23.6. The van der Waals surface area contributed by atoms with Crippen LogP contribution in [0.25, 0.3) is 0 Å². The minimum absolute atomic E-state index is 0. The Hall–Kier alpha value is -5.10. The number of nitrogens with two attached hydrogens (primary N) is 1. The number of rotatable bonds is 12. The Labute approximate surface area is 302 Å². The summed E-state index contributed by atoms with van der Waals surface area (Å²) in [6.07, 6.45) is 9.55. The Balaban J connectivity index is 0.000000861. The molecule has 19 heteroatoms. The second-order valence-corrected chi connectivity index (χ2v) is 11.8. The van der Waals surface area contributed by atoms with Crippen molar-refractivity contribution in [1.82, 2.24) is 14.5 Å². The Morgan fingerprint density at radius 2 is 1.39 bits per heavy atom. The fraction of sp³-hybridized carbons (Fsp3) is 0.375. The molecule has 0 saturated carbocycles. The lowest BCUT2D eigenvalue weighted by molar-refractivity contribution is -0.159. The van der Waals surface area contributed by atoms with Crippen molar-refractivity contribution < 1.29 is 59.7 Å². The fourth-order valence-electron chi connectivity index (χ4n) is 4.85. The van der Waals surface area contributed by atoms with Gasteiger partial charge in [0.1, 0.15) is 11.4 Å². The lowest BCUT2D eigenvalue weighted by Crippen LogP contribution is -2.50. The maximum absolute atomic E-state index is 11.6. The molecule has 9 N–H and O–H groups in total. The minimum Gasteiger partial charge on any atom is -0.494 e. The van der Waals surface area contributed by atoms with Crippen LogP contribution in [0.3, 0.4) is 0 Å². The number of anilines is 1. The number of carbonyl (C=O) groups excluding carboxylic acids is 1. The highest BCUT2D eigenvalue weighted by Gasteiger charge is 2.31. The van der Waals surface area contributed by atoms with E-state index < -0.39 is 29.5 Å². The fourth-order valence-corrected chi connectivity index (χ4v) is 5.43. The van der Waals surface area contributed by atoms with E-state index in [1.54, 1.807) is 29.6 Å². The molecule has 51 heavy (non-hydrogen) atoms. The topological polar surface area (TPSA) is 278 Å². The van der Waals surface area contributed by atoms with Crippen molar-refractivity contribution >= 4 is 58.8 Å². The number of aromatic nitrogens is 2. The molecule has 1 aliphatic rings. The SMILES string of the molecule is NC(=O)N1CCN(c2ccc(OCCCCCCC(O)(Cn3ccnc3)c3ccc(Cl)cc3Cl)cc2)CC1.O.O=C(O)C(=O)O.O=C(O)C(=O)O. The second kappa shape index (κ2) is 21.9. The zero-order valence-electron chi connectivity index (χ0n) is 27.4. The van der Waals surface area contributed by atoms with Crippen LogP contribution in [0.1, 0.15) is 37.7 Å². The van der Waals surface area contributed by atoms with Crippen LogP contribution >= 0.6 is 23.2 Å². The van der Waals surface area contributed by atoms with Crippen molar-refractivity contribution in [2.45, 2.75) is 44.2 Å². The quantitative estimate of drug-likeness (QED) is 0.115. The molecule has 1 saturated heterocycles. The number of ether oxygens (including phenoxy) is 1. The predicted octanol–water partition coefficient (Wildman–Crippen LogP) is 2.79. The van der Waals surface area contributed by atoms with Crippen LogP contribution in [0, 0.1) is 0 Å². The standard InChI is InChI=1S/C28H35Cl2N5O3.2C2H2O4.H2O/c29-22-5-10-25(26(30)19-22)28(37,20-33-13-12-32-21-33)11-3-1-2-4-18-38-24-8-6-23(7-9-24)34-14-16-35(17-15-34)27(31)36;2*3-1(4)2(5)6;/h5-10,12-13,19,21,37H,1-4,11,14-18,20H2,(H2,31,36);2*(H,3,4)(H,5,6);1H2. The highest BCUT2D eigenvalue weighted by Crippen LogP contribution is 2.36. The Morgan fingerprint density at radius 3 is 1.88 bits per heavy atom. The zero-order chi connectivity index (χ0) is 37.3. The first-order valence-corrected chi connectivity index (χ1v) is 16.0. The number of carboxylic acids is 4. The van der Waals surface area contributed by atoms with Crippen LogP contribution in [-0.4, -0.2) is 108 Å². The van der Waals surface area contributed by atoms with Gasteiger partial charge in [-0.1, -0.05) is 48.5 Å². The average Bonchev–Trinajstić information content (AvgIpc) is 3.57. The number of hydrogen-bond donors (Lipinski definition) is 6. The minimum atomic E-state index is -1.82. The van der Waals surface area contributed by atoms with Crippen molar-refractivity contribution in [3.8, 4) is 5.75 Å². The first-order valence-electron chi connectivity index (χ1n) is 15.2. The van der Waals surface area contributed by atoms with Gasteiger partial charge < -0.3 is 55.8 Å². The number of piperazine rings is 1. The van der Waals surface area contributed by atoms with Gasteiger partial charge in [0.05, 0.1) is 19.5 Å². The molecule has 1 atom stereocenters. The molecule has 2 heterocycles. The van der Waals surface area contributed by atoms with E-state index >= 15 is 0 Å². The molecule has 0 radical (unpaired) electrons. The summed E-state index contributed by atoms with van der Waals surface area (Å²) in [5.41, 5.74) is 6.04. The number of unbranched alkanes of at least 4 members (excludes halogenated alkanes) is 3. The Morgan fingerprint density at radius 1 is 0.824 bits per heavy atom. The molecule has 1 aromatic heterocycles. The van der Waals surface area contributed by atoms with Gasteiger partial charge in [0.25, 0.3) is 0 Å². The molecule has 280 valence electrons. The van der Waals surface area contributed by atoms with Gasteiger partial charge in [-0.3, -0.25) is 0 Å². The van der Waals surface area contributed by atoms with Crippen LogP contribution in [-0.2, 0) is 31.3 Å². The van der Waals surface area contributed by atoms with Crippen LogP contribution in [0.5, 0.6) is 5.75 Å². The van der Waals surface area contributed by atoms with Crippen LogP contribution in [0.4, 0.5) is 10.5 Å². The average molecular weight is 759 g/mol. The lowest BCUT2D eigenvalue weighted by Gasteiger charge is -2.35. The summed E-state index contributed by atoms with van der Waals surface area (Å²) in [5.74, 6) is -6.45. The summed E-state index contributed by atoms with van der Waals surface area (Å²) >= 11 is 12.5. The second-order valence-electron chi connectivity index (χ2n) is 10.9. The molecule has 2 aromatic carbocycles. The van der Waals surface area contributed by atoms with Crippen LogP contribution < -0.4 is 15.4 Å². The Kier molecular flexibility index (Phi) is 18.8. The smallest absolute Gasteiger partial charge is 0.414 e. The van der Waals surface area contributed by atoms with Gasteiger partial charge in [-0.2, -0.15) is 0 Å². The highest BCUT2D eigenvalue weighted by molar-refractivity contribution is 6.35. The number of amides is 2. The van der Waals surface area contributed by atoms with Gasteiger partial charge in [-0.25, -0.2) is 29.0 Å². The summed E-state index contributed by atoms with van der Waals surface area (Å²) in [7, 11) is 0. The first kappa shape index (κ1) is 43.9. The molecular formula is C32H41Cl2N5O12. The molecule has 0 aliphatic carbocycles. The van der Waals surface area contributed by atoms with E-state index in [4.69, 9.17) is 73.3 Å². The summed E-state index contributed by atoms with van der Waals surface area (Å²) in [6, 6.07) is 13.0. The van der Waals surface area contributed by atoms with Crippen LogP contribution in [0.2, 0.25) is 10.0 Å². The zero-order valence-corrected chi connectivity index (χ0v) is 28.9. The van der Waals surface area contributed by atoms with Gasteiger partial charge in [0.2, 0.25) is 0 Å². The van der Waals surface area contributed by atoms with Crippen molar-refractivity contribution in [2.75, 3.05) is 37.7 Å². The van der Waals surface area contributed by atoms with Crippen molar-refractivity contribution in [2.24, 2.45) is 5.73 Å². The van der Waals surface area contributed by atoms with Gasteiger partial charge >= 0.3 is 29.9 Å². The molecule has 0 spiro atoms. The van der Waals surface area contributed by atoms with Crippen molar-refractivity contribution in [3.05, 3.63) is 76.8 Å². The number of urea groups is 1. The van der Waals surface area contributed by atoms with E-state index in [1.807, 2.05) is 29.0 Å². The number of benzene rings is 2. The number of aliphatic carboxylic acids is 4. The van der Waals surface area contributed by atoms with Gasteiger partial charge in [0.15, 0.2) is 0 Å². The van der Waals surface area contributed by atoms with Crippen molar-refractivity contribution in [3.63, 3.8) is 0 Å². The largest absolute Gasteiger partial charge is 0.494 e. The maximum Gasteiger partial charge on any atom is 0.414 e. The summed E-state index contributed by atoms with van der Waals surface area (Å²) < 4.78 is 7.80. The van der Waals surface area contributed by atoms with Gasteiger partial charge in [0, 0.05) is 59.9 Å². The summed E-state index contributed by atoms with van der Waals surface area (Å²) in [5, 5.41) is 42.2. The third kappa shape index (κ3) is 15.5. The van der Waals surface area contributed by atoms with Crippen LogP contribution in [0.15, 0.2) is 61.2 Å². The summed E-state index contributed by atoms with van der Waals surface area (Å²) in [4.78, 5) is 55.7. The lowest BCUT2D eigenvalue weighted by atomic mass is 9.87. The number of aliphatic hydroxyl groups is 1. The maximum atomic E-state index is 11.6. The third-order valence-electron chi connectivity index (χ3n) is 7.35. The van der Waals surface area contributed by atoms with E-state index in [9.17, 15) is 9.90 Å². The molecular weight excluding hydrogens is 717 g/mol. The number of carbonyl (C=O) groups is 5. The monoisotopic (exact) mass is 757 g/mol.